The minimum absolute atomic E-state index is 1.25. The number of benzene rings is 2. The largest absolute Gasteiger partial charge is 0.344 e. The molecule has 1 aromatic heterocycles. The summed E-state index contributed by atoms with van der Waals surface area (Å²) in [4.78, 5) is 0. The van der Waals surface area contributed by atoms with Crippen molar-refractivity contribution in [3.05, 3.63) is 48.5 Å². The Bertz CT molecular complexity index is 551. The summed E-state index contributed by atoms with van der Waals surface area (Å²) >= 11 is 0. The van der Waals surface area contributed by atoms with E-state index in [1.165, 1.54) is 21.8 Å². The van der Waals surface area contributed by atoms with Crippen LogP contribution < -0.4 is 0 Å². The zero-order valence-electron chi connectivity index (χ0n) is 7.91. The normalized spacial score (nSPS) is 11.2. The lowest BCUT2D eigenvalue weighted by molar-refractivity contribution is 1.01. The van der Waals surface area contributed by atoms with Crippen LogP contribution in [0.1, 0.15) is 0 Å². The van der Waals surface area contributed by atoms with Crippen molar-refractivity contribution in [1.82, 2.24) is 4.57 Å². The minimum atomic E-state index is 1.25. The van der Waals surface area contributed by atoms with Gasteiger partial charge in [-0.25, -0.2) is 0 Å². The van der Waals surface area contributed by atoms with Crippen LogP contribution in [0.3, 0.4) is 0 Å². The molecule has 1 heteroatoms. The van der Waals surface area contributed by atoms with Crippen LogP contribution in [0.25, 0.3) is 21.8 Å². The van der Waals surface area contributed by atoms with Crippen LogP contribution in [0, 0.1) is 12.1 Å². The second-order valence-electron chi connectivity index (χ2n) is 3.45. The van der Waals surface area contributed by atoms with E-state index >= 15 is 0 Å². The van der Waals surface area contributed by atoms with Crippen molar-refractivity contribution in [3.8, 4) is 0 Å². The van der Waals surface area contributed by atoms with Crippen molar-refractivity contribution in [2.75, 3.05) is 0 Å². The van der Waals surface area contributed by atoms with Crippen molar-refractivity contribution in [3.63, 3.8) is 0 Å². The molecule has 0 aliphatic rings. The zero-order chi connectivity index (χ0) is 9.54. The molecule has 0 atom stereocenters. The van der Waals surface area contributed by atoms with Gasteiger partial charge in [0, 0.05) is 28.9 Å². The molecule has 0 aliphatic heterocycles. The molecule has 1 heterocycles. The van der Waals surface area contributed by atoms with E-state index < -0.39 is 0 Å². The van der Waals surface area contributed by atoms with Gasteiger partial charge in [-0.1, -0.05) is 12.1 Å². The molecule has 0 aliphatic carbocycles. The number of hydrogen-bond acceptors (Lipinski definition) is 0. The summed E-state index contributed by atoms with van der Waals surface area (Å²) < 4.78 is 2.20. The van der Waals surface area contributed by atoms with Gasteiger partial charge in [-0.2, -0.15) is 0 Å². The minimum Gasteiger partial charge on any atom is -0.344 e. The van der Waals surface area contributed by atoms with Crippen LogP contribution in [0.4, 0.5) is 0 Å². The number of aryl methyl sites for hydroxylation is 1. The standard InChI is InChI=1S/C13H9N/c1-14-12-8-4-2-6-10(12)11-7-3-5-9-13(11)14/h4-9H,1H3. The van der Waals surface area contributed by atoms with E-state index in [0.717, 1.165) is 0 Å². The van der Waals surface area contributed by atoms with Gasteiger partial charge >= 0.3 is 0 Å². The monoisotopic (exact) mass is 179 g/mol. The van der Waals surface area contributed by atoms with E-state index in [4.69, 9.17) is 0 Å². The fraction of sp³-hybridized carbons (Fsp3) is 0.0769. The predicted molar refractivity (Wildman–Crippen MR) is 58.1 cm³/mol. The first kappa shape index (κ1) is 7.63. The van der Waals surface area contributed by atoms with E-state index in [1.807, 2.05) is 24.3 Å². The molecule has 0 saturated carbocycles. The van der Waals surface area contributed by atoms with E-state index in [-0.39, 0.29) is 0 Å². The highest BCUT2D eigenvalue weighted by molar-refractivity contribution is 6.07. The molecule has 3 aromatic rings. The average Bonchev–Trinajstić information content (AvgIpc) is 2.55. The lowest BCUT2D eigenvalue weighted by atomic mass is 10.2. The SMILES string of the molecule is Cn1c2cc[c]cc2c2c[c]ccc21. The molecule has 0 amide bonds. The summed E-state index contributed by atoms with van der Waals surface area (Å²) in [6.07, 6.45) is 0. The third kappa shape index (κ3) is 0.841. The lowest BCUT2D eigenvalue weighted by Crippen LogP contribution is -1.84. The predicted octanol–water partition coefficient (Wildman–Crippen LogP) is 2.93. The van der Waals surface area contributed by atoms with Gasteiger partial charge in [0.2, 0.25) is 0 Å². The molecule has 66 valence electrons. The van der Waals surface area contributed by atoms with Crippen LogP contribution in [-0.4, -0.2) is 4.57 Å². The van der Waals surface area contributed by atoms with Gasteiger partial charge in [-0.3, -0.25) is 0 Å². The summed E-state index contributed by atoms with van der Waals surface area (Å²) in [5, 5.41) is 2.50. The van der Waals surface area contributed by atoms with Gasteiger partial charge in [-0.05, 0) is 36.4 Å². The van der Waals surface area contributed by atoms with E-state index in [1.54, 1.807) is 0 Å². The Morgan fingerprint density at radius 1 is 0.929 bits per heavy atom. The topological polar surface area (TPSA) is 4.93 Å². The molecule has 0 spiro atoms. The third-order valence-corrected chi connectivity index (χ3v) is 2.69. The molecule has 1 nitrogen and oxygen atoms in total. The van der Waals surface area contributed by atoms with Crippen molar-refractivity contribution in [2.45, 2.75) is 0 Å². The lowest BCUT2D eigenvalue weighted by Gasteiger charge is -1.95. The van der Waals surface area contributed by atoms with Gasteiger partial charge in [0.15, 0.2) is 0 Å². The summed E-state index contributed by atoms with van der Waals surface area (Å²) in [6, 6.07) is 18.4. The molecule has 2 aromatic carbocycles. The van der Waals surface area contributed by atoms with Crippen LogP contribution in [-0.2, 0) is 7.05 Å². The van der Waals surface area contributed by atoms with Gasteiger partial charge in [0.05, 0.1) is 0 Å². The maximum atomic E-state index is 3.11. The molecule has 3 rings (SSSR count). The molecular formula is C13H9N. The first-order chi connectivity index (χ1) is 6.88. The fourth-order valence-electron chi connectivity index (χ4n) is 1.99. The maximum absolute atomic E-state index is 3.11. The fourth-order valence-corrected chi connectivity index (χ4v) is 1.99. The van der Waals surface area contributed by atoms with E-state index in [0.29, 0.717) is 0 Å². The van der Waals surface area contributed by atoms with Crippen molar-refractivity contribution < 1.29 is 0 Å². The highest BCUT2D eigenvalue weighted by Crippen LogP contribution is 2.26. The molecule has 2 radical (unpaired) electrons. The summed E-state index contributed by atoms with van der Waals surface area (Å²) in [6.45, 7) is 0. The van der Waals surface area contributed by atoms with Crippen LogP contribution in [0.5, 0.6) is 0 Å². The van der Waals surface area contributed by atoms with Crippen LogP contribution >= 0.6 is 0 Å². The summed E-state index contributed by atoms with van der Waals surface area (Å²) in [5.74, 6) is 0. The zero-order valence-corrected chi connectivity index (χ0v) is 7.91. The molecule has 0 bridgehead atoms. The molecule has 14 heavy (non-hydrogen) atoms. The first-order valence-corrected chi connectivity index (χ1v) is 4.62. The summed E-state index contributed by atoms with van der Waals surface area (Å²) in [5.41, 5.74) is 2.50. The second-order valence-corrected chi connectivity index (χ2v) is 3.45. The quantitative estimate of drug-likeness (QED) is 0.500. The Hall–Kier alpha value is -1.76. The van der Waals surface area contributed by atoms with Gasteiger partial charge in [0.25, 0.3) is 0 Å². The van der Waals surface area contributed by atoms with Gasteiger partial charge < -0.3 is 4.57 Å². The van der Waals surface area contributed by atoms with Crippen molar-refractivity contribution >= 4 is 21.8 Å². The number of hydrogen-bond donors (Lipinski definition) is 0. The van der Waals surface area contributed by atoms with Gasteiger partial charge in [0.1, 0.15) is 0 Å². The highest BCUT2D eigenvalue weighted by Gasteiger charge is 2.05. The van der Waals surface area contributed by atoms with E-state index in [2.05, 4.69) is 35.9 Å². The Labute approximate surface area is 82.6 Å². The van der Waals surface area contributed by atoms with Crippen molar-refractivity contribution in [1.29, 1.82) is 0 Å². The number of rotatable bonds is 0. The second kappa shape index (κ2) is 2.61. The van der Waals surface area contributed by atoms with Crippen LogP contribution in [0.15, 0.2) is 36.4 Å². The molecule has 0 saturated heterocycles. The maximum Gasteiger partial charge on any atom is 0.0489 e. The molecular weight excluding hydrogens is 170 g/mol. The first-order valence-electron chi connectivity index (χ1n) is 4.62. The third-order valence-electron chi connectivity index (χ3n) is 2.69. The average molecular weight is 179 g/mol. The number of fused-ring (bicyclic) bond motifs is 3. The highest BCUT2D eigenvalue weighted by atomic mass is 14.9. The number of nitrogens with zero attached hydrogens (tertiary/aromatic N) is 1. The molecule has 0 unspecified atom stereocenters. The van der Waals surface area contributed by atoms with Gasteiger partial charge in [-0.15, -0.1) is 0 Å². The smallest absolute Gasteiger partial charge is 0.0489 e. The van der Waals surface area contributed by atoms with E-state index in [9.17, 15) is 0 Å². The Morgan fingerprint density at radius 2 is 1.43 bits per heavy atom. The van der Waals surface area contributed by atoms with Crippen molar-refractivity contribution in [2.24, 2.45) is 7.05 Å². The number of aromatic nitrogens is 1. The molecule has 0 fully saturated rings. The Balaban J connectivity index is 2.69. The molecule has 0 N–H and O–H groups in total. The summed E-state index contributed by atoms with van der Waals surface area (Å²) in [7, 11) is 2.09. The Morgan fingerprint density at radius 3 is 1.93 bits per heavy atom. The Kier molecular flexibility index (Phi) is 1.42. The van der Waals surface area contributed by atoms with Crippen LogP contribution in [0.2, 0.25) is 0 Å².